The van der Waals surface area contributed by atoms with Gasteiger partial charge >= 0.3 is 12.1 Å². The summed E-state index contributed by atoms with van der Waals surface area (Å²) in [5.41, 5.74) is 4.49. The molecule has 9 heteroatoms. The van der Waals surface area contributed by atoms with Crippen molar-refractivity contribution in [2.75, 3.05) is 45.3 Å². The third-order valence-electron chi connectivity index (χ3n) is 6.50. The number of thioether (sulfide) groups is 1. The third kappa shape index (κ3) is 5.62. The van der Waals surface area contributed by atoms with Crippen LogP contribution in [0.4, 0.5) is 4.79 Å². The molecule has 4 rings (SSSR count). The molecule has 1 aliphatic heterocycles. The fourth-order valence-electron chi connectivity index (χ4n) is 4.70. The zero-order valence-corrected chi connectivity index (χ0v) is 20.8. The van der Waals surface area contributed by atoms with Crippen molar-refractivity contribution in [3.05, 3.63) is 59.7 Å². The fourth-order valence-corrected chi connectivity index (χ4v) is 5.74. The van der Waals surface area contributed by atoms with Crippen molar-refractivity contribution < 1.29 is 24.2 Å². The highest BCUT2D eigenvalue weighted by Gasteiger charge is 2.37. The summed E-state index contributed by atoms with van der Waals surface area (Å²) in [6, 6.07) is 14.4. The molecule has 2 unspecified atom stereocenters. The molecule has 0 bridgehead atoms. The van der Waals surface area contributed by atoms with Crippen molar-refractivity contribution in [2.24, 2.45) is 0 Å². The lowest BCUT2D eigenvalue weighted by Crippen LogP contribution is -2.57. The van der Waals surface area contributed by atoms with Gasteiger partial charge in [0.1, 0.15) is 18.7 Å². The first-order chi connectivity index (χ1) is 16.9. The van der Waals surface area contributed by atoms with Gasteiger partial charge in [0.15, 0.2) is 0 Å². The van der Waals surface area contributed by atoms with Crippen LogP contribution in [0.15, 0.2) is 48.5 Å². The van der Waals surface area contributed by atoms with Gasteiger partial charge in [-0.25, -0.2) is 9.59 Å². The molecule has 1 aliphatic carbocycles. The average Bonchev–Trinajstić information content (AvgIpc) is 3.18. The number of benzene rings is 2. The SMILES string of the molecule is CN(C)CCC(NC(=O)OCC1c2ccccc2-c2ccccc21)C(=O)N1CCSCC1C(=O)O. The first-order valence-electron chi connectivity index (χ1n) is 11.7. The van der Waals surface area contributed by atoms with Crippen LogP contribution in [-0.2, 0) is 14.3 Å². The highest BCUT2D eigenvalue weighted by Crippen LogP contribution is 2.44. The minimum absolute atomic E-state index is 0.0837. The summed E-state index contributed by atoms with van der Waals surface area (Å²) in [4.78, 5) is 41.2. The average molecular weight is 498 g/mol. The van der Waals surface area contributed by atoms with Crippen LogP contribution in [0.5, 0.6) is 0 Å². The lowest BCUT2D eigenvalue weighted by Gasteiger charge is -2.35. The molecule has 0 aromatic heterocycles. The number of rotatable bonds is 8. The van der Waals surface area contributed by atoms with Gasteiger partial charge in [-0.3, -0.25) is 4.79 Å². The second-order valence-corrected chi connectivity index (χ2v) is 10.2. The fraction of sp³-hybridized carbons (Fsp3) is 0.423. The third-order valence-corrected chi connectivity index (χ3v) is 7.52. The Balaban J connectivity index is 1.45. The number of ether oxygens (including phenoxy) is 1. The molecule has 1 saturated heterocycles. The lowest BCUT2D eigenvalue weighted by molar-refractivity contribution is -0.150. The Hall–Kier alpha value is -3.04. The van der Waals surface area contributed by atoms with Gasteiger partial charge in [-0.05, 0) is 49.3 Å². The van der Waals surface area contributed by atoms with Crippen LogP contribution >= 0.6 is 11.8 Å². The molecule has 2 amide bonds. The Bertz CT molecular complexity index is 1050. The van der Waals surface area contributed by atoms with Crippen LogP contribution in [0, 0.1) is 0 Å². The molecule has 8 nitrogen and oxygen atoms in total. The summed E-state index contributed by atoms with van der Waals surface area (Å²) in [6.07, 6.45) is -0.325. The topological polar surface area (TPSA) is 99.2 Å². The molecule has 2 aromatic rings. The Labute approximate surface area is 209 Å². The summed E-state index contributed by atoms with van der Waals surface area (Å²) >= 11 is 1.51. The Morgan fingerprint density at radius 3 is 2.34 bits per heavy atom. The molecule has 0 saturated carbocycles. The van der Waals surface area contributed by atoms with E-state index >= 15 is 0 Å². The van der Waals surface area contributed by atoms with Crippen LogP contribution in [0.3, 0.4) is 0 Å². The zero-order chi connectivity index (χ0) is 24.9. The molecule has 0 radical (unpaired) electrons. The van der Waals surface area contributed by atoms with E-state index in [-0.39, 0.29) is 18.4 Å². The molecule has 35 heavy (non-hydrogen) atoms. The molecular formula is C26H31N3O5S. The van der Waals surface area contributed by atoms with E-state index in [9.17, 15) is 19.5 Å². The van der Waals surface area contributed by atoms with Gasteiger partial charge in [0.2, 0.25) is 5.91 Å². The predicted octanol–water partition coefficient (Wildman–Crippen LogP) is 2.87. The van der Waals surface area contributed by atoms with Crippen LogP contribution in [0.25, 0.3) is 11.1 Å². The van der Waals surface area contributed by atoms with Gasteiger partial charge in [-0.2, -0.15) is 11.8 Å². The van der Waals surface area contributed by atoms with Gasteiger partial charge in [-0.1, -0.05) is 48.5 Å². The Morgan fingerprint density at radius 1 is 1.11 bits per heavy atom. The van der Waals surface area contributed by atoms with E-state index in [1.54, 1.807) is 0 Å². The number of aliphatic carboxylic acids is 1. The molecule has 0 spiro atoms. The number of amides is 2. The van der Waals surface area contributed by atoms with Crippen LogP contribution in [0.1, 0.15) is 23.5 Å². The van der Waals surface area contributed by atoms with E-state index in [0.29, 0.717) is 31.0 Å². The second-order valence-electron chi connectivity index (χ2n) is 9.08. The van der Waals surface area contributed by atoms with Gasteiger partial charge < -0.3 is 25.0 Å². The summed E-state index contributed by atoms with van der Waals surface area (Å²) in [5.74, 6) is -0.488. The predicted molar refractivity (Wildman–Crippen MR) is 136 cm³/mol. The van der Waals surface area contributed by atoms with Gasteiger partial charge in [0.25, 0.3) is 0 Å². The van der Waals surface area contributed by atoms with E-state index < -0.39 is 24.1 Å². The summed E-state index contributed by atoms with van der Waals surface area (Å²) < 4.78 is 5.63. The number of carboxylic acid groups (broad SMARTS) is 1. The van der Waals surface area contributed by atoms with Crippen molar-refractivity contribution in [3.63, 3.8) is 0 Å². The van der Waals surface area contributed by atoms with Crippen molar-refractivity contribution >= 4 is 29.7 Å². The van der Waals surface area contributed by atoms with Gasteiger partial charge in [0.05, 0.1) is 0 Å². The molecular weight excluding hydrogens is 466 g/mol. The number of carbonyl (C=O) groups excluding carboxylic acids is 2. The monoisotopic (exact) mass is 497 g/mol. The number of nitrogens with zero attached hydrogens (tertiary/aromatic N) is 2. The Kier molecular flexibility index (Phi) is 7.97. The van der Waals surface area contributed by atoms with Crippen LogP contribution in [-0.4, -0.2) is 90.3 Å². The number of hydrogen-bond acceptors (Lipinski definition) is 6. The van der Waals surface area contributed by atoms with E-state index in [4.69, 9.17) is 4.74 Å². The minimum Gasteiger partial charge on any atom is -0.480 e. The first-order valence-corrected chi connectivity index (χ1v) is 12.9. The normalized spacial score (nSPS) is 18.0. The maximum atomic E-state index is 13.3. The van der Waals surface area contributed by atoms with E-state index in [0.717, 1.165) is 22.3 Å². The highest BCUT2D eigenvalue weighted by molar-refractivity contribution is 7.99. The van der Waals surface area contributed by atoms with Crippen molar-refractivity contribution in [1.29, 1.82) is 0 Å². The Morgan fingerprint density at radius 2 is 1.74 bits per heavy atom. The molecule has 2 aliphatic rings. The van der Waals surface area contributed by atoms with E-state index in [1.807, 2.05) is 55.4 Å². The molecule has 2 aromatic carbocycles. The zero-order valence-electron chi connectivity index (χ0n) is 20.0. The van der Waals surface area contributed by atoms with Gasteiger partial charge in [-0.15, -0.1) is 0 Å². The number of hydrogen-bond donors (Lipinski definition) is 2. The number of carboxylic acids is 1. The van der Waals surface area contributed by atoms with E-state index in [2.05, 4.69) is 17.4 Å². The number of nitrogens with one attached hydrogen (secondary N) is 1. The maximum Gasteiger partial charge on any atom is 0.407 e. The van der Waals surface area contributed by atoms with Crippen molar-refractivity contribution in [3.8, 4) is 11.1 Å². The molecule has 1 heterocycles. The number of alkyl carbamates (subject to hydrolysis) is 1. The van der Waals surface area contributed by atoms with Gasteiger partial charge in [0, 0.05) is 24.0 Å². The highest BCUT2D eigenvalue weighted by atomic mass is 32.2. The first kappa shape index (κ1) is 25.1. The summed E-state index contributed by atoms with van der Waals surface area (Å²) in [6.45, 7) is 1.04. The lowest BCUT2D eigenvalue weighted by atomic mass is 9.98. The van der Waals surface area contributed by atoms with Crippen molar-refractivity contribution in [1.82, 2.24) is 15.1 Å². The summed E-state index contributed by atoms with van der Waals surface area (Å²) in [7, 11) is 3.76. The smallest absolute Gasteiger partial charge is 0.407 e. The molecule has 186 valence electrons. The summed E-state index contributed by atoms with van der Waals surface area (Å²) in [5, 5.41) is 12.3. The largest absolute Gasteiger partial charge is 0.480 e. The van der Waals surface area contributed by atoms with Crippen LogP contribution < -0.4 is 5.32 Å². The van der Waals surface area contributed by atoms with Crippen molar-refractivity contribution in [2.45, 2.75) is 24.4 Å². The van der Waals surface area contributed by atoms with E-state index in [1.165, 1.54) is 16.7 Å². The molecule has 2 atom stereocenters. The quantitative estimate of drug-likeness (QED) is 0.579. The van der Waals surface area contributed by atoms with Crippen LogP contribution in [0.2, 0.25) is 0 Å². The maximum absolute atomic E-state index is 13.3. The number of carbonyl (C=O) groups is 3. The second kappa shape index (κ2) is 11.1. The molecule has 1 fully saturated rings. The standard InChI is InChI=1S/C26H31N3O5S/c1-28(2)12-11-22(24(30)29-13-14-35-16-23(29)25(31)32)27-26(33)34-15-21-19-9-5-3-7-17(19)18-8-4-6-10-20(18)21/h3-10,21-23H,11-16H2,1-2H3,(H,27,33)(H,31,32). The number of fused-ring (bicyclic) bond motifs is 3. The molecule has 2 N–H and O–H groups in total. The minimum atomic E-state index is -1.03.